The third-order valence-corrected chi connectivity index (χ3v) is 4.87. The molecule has 0 aliphatic heterocycles. The number of benzene rings is 1. The van der Waals surface area contributed by atoms with Gasteiger partial charge >= 0.3 is 7.12 Å². The van der Waals surface area contributed by atoms with Gasteiger partial charge in [-0.05, 0) is 18.3 Å². The van der Waals surface area contributed by atoms with E-state index in [-0.39, 0.29) is 7.12 Å². The van der Waals surface area contributed by atoms with Gasteiger partial charge in [0.05, 0.1) is 6.61 Å². The lowest BCUT2D eigenvalue weighted by atomic mass is 9.81. The Hall–Kier alpha value is -0.795. The highest BCUT2D eigenvalue weighted by Crippen LogP contribution is 2.13. The van der Waals surface area contributed by atoms with Crippen molar-refractivity contribution in [1.82, 2.24) is 0 Å². The molecule has 0 saturated heterocycles. The molecule has 26 heavy (non-hydrogen) atoms. The molecule has 0 fully saturated rings. The number of hydrogen-bond acceptors (Lipinski definition) is 2. The average Bonchev–Trinajstić information content (AvgIpc) is 2.68. The second-order valence-electron chi connectivity index (χ2n) is 7.42. The molecule has 0 unspecified atom stereocenters. The average molecular weight is 360 g/mol. The molecule has 0 N–H and O–H groups in total. The molecule has 1 aromatic carbocycles. The molecule has 0 radical (unpaired) electrons. The zero-order valence-corrected chi connectivity index (χ0v) is 17.4. The van der Waals surface area contributed by atoms with Crippen molar-refractivity contribution in [1.29, 1.82) is 0 Å². The lowest BCUT2D eigenvalue weighted by molar-refractivity contribution is 0.184. The first-order valence-electron chi connectivity index (χ1n) is 11.1. The smallest absolute Gasteiger partial charge is 0.411 e. The number of rotatable bonds is 18. The first kappa shape index (κ1) is 23.2. The topological polar surface area (TPSA) is 18.5 Å². The van der Waals surface area contributed by atoms with E-state index < -0.39 is 0 Å². The highest BCUT2D eigenvalue weighted by atomic mass is 16.6. The summed E-state index contributed by atoms with van der Waals surface area (Å²) >= 11 is 0. The van der Waals surface area contributed by atoms with E-state index in [4.69, 9.17) is 9.31 Å². The maximum Gasteiger partial charge on any atom is 0.457 e. The molecule has 0 saturated carbocycles. The van der Waals surface area contributed by atoms with Crippen LogP contribution >= 0.6 is 0 Å². The predicted molar refractivity (Wildman–Crippen MR) is 114 cm³/mol. The van der Waals surface area contributed by atoms with Gasteiger partial charge in [-0.1, -0.05) is 115 Å². The lowest BCUT2D eigenvalue weighted by Crippen LogP contribution is -2.23. The van der Waals surface area contributed by atoms with Gasteiger partial charge in [0.15, 0.2) is 0 Å². The number of unbranched alkanes of at least 4 members (excludes halogenated alkanes) is 10. The van der Waals surface area contributed by atoms with Crippen LogP contribution in [0, 0.1) is 0 Å². The molecule has 0 aliphatic carbocycles. The SMILES string of the molecule is CCCCCCCCOB(CCCCCCCC)OCc1ccccc1. The van der Waals surface area contributed by atoms with E-state index in [0.717, 1.165) is 19.3 Å². The molecule has 0 aliphatic rings. The van der Waals surface area contributed by atoms with Crippen molar-refractivity contribution in [2.75, 3.05) is 6.61 Å². The summed E-state index contributed by atoms with van der Waals surface area (Å²) in [5, 5.41) is 0. The fourth-order valence-electron chi connectivity index (χ4n) is 3.17. The van der Waals surface area contributed by atoms with Crippen LogP contribution in [0.2, 0.25) is 6.32 Å². The highest BCUT2D eigenvalue weighted by Gasteiger charge is 2.17. The Bertz CT molecular complexity index is 396. The van der Waals surface area contributed by atoms with Crippen molar-refractivity contribution < 1.29 is 9.31 Å². The minimum Gasteiger partial charge on any atom is -0.411 e. The normalized spacial score (nSPS) is 11.0. The van der Waals surface area contributed by atoms with Gasteiger partial charge in [0.25, 0.3) is 0 Å². The largest absolute Gasteiger partial charge is 0.457 e. The Kier molecular flexibility index (Phi) is 15.7. The number of hydrogen-bond donors (Lipinski definition) is 0. The molecule has 0 aromatic heterocycles. The third kappa shape index (κ3) is 13.4. The van der Waals surface area contributed by atoms with Crippen molar-refractivity contribution in [3.05, 3.63) is 35.9 Å². The molecule has 0 spiro atoms. The fraction of sp³-hybridized carbons (Fsp3) is 0.739. The van der Waals surface area contributed by atoms with Crippen LogP contribution in [0.5, 0.6) is 0 Å². The van der Waals surface area contributed by atoms with Crippen LogP contribution in [0.25, 0.3) is 0 Å². The standard InChI is InChI=1S/C23H41BO2/c1-3-5-7-9-11-16-20-24(25-21-17-12-10-8-6-4-2)26-22-23-18-14-13-15-19-23/h13-15,18-19H,3-12,16-17,20-22H2,1-2H3. The quantitative estimate of drug-likeness (QED) is 0.200. The van der Waals surface area contributed by atoms with Crippen molar-refractivity contribution in [3.63, 3.8) is 0 Å². The molecule has 148 valence electrons. The molecule has 0 heterocycles. The van der Waals surface area contributed by atoms with E-state index in [1.54, 1.807) is 0 Å². The fourth-order valence-corrected chi connectivity index (χ4v) is 3.17. The first-order chi connectivity index (χ1) is 12.9. The molecule has 0 atom stereocenters. The van der Waals surface area contributed by atoms with Crippen molar-refractivity contribution in [2.45, 2.75) is 104 Å². The second-order valence-corrected chi connectivity index (χ2v) is 7.42. The summed E-state index contributed by atoms with van der Waals surface area (Å²) in [6.45, 7) is 6.02. The molecular weight excluding hydrogens is 319 g/mol. The molecule has 0 amide bonds. The van der Waals surface area contributed by atoms with Crippen LogP contribution in [0.4, 0.5) is 0 Å². The van der Waals surface area contributed by atoms with Gasteiger partial charge in [-0.2, -0.15) is 0 Å². The summed E-state index contributed by atoms with van der Waals surface area (Å²) < 4.78 is 12.2. The van der Waals surface area contributed by atoms with E-state index in [1.807, 2.05) is 6.07 Å². The predicted octanol–water partition coefficient (Wildman–Crippen LogP) is 7.43. The van der Waals surface area contributed by atoms with Crippen molar-refractivity contribution in [3.8, 4) is 0 Å². The van der Waals surface area contributed by atoms with Crippen LogP contribution in [-0.2, 0) is 15.9 Å². The van der Waals surface area contributed by atoms with Crippen LogP contribution in [-0.4, -0.2) is 13.7 Å². The monoisotopic (exact) mass is 360 g/mol. The molecular formula is C23H41BO2. The van der Waals surface area contributed by atoms with E-state index in [9.17, 15) is 0 Å². The van der Waals surface area contributed by atoms with E-state index >= 15 is 0 Å². The molecule has 1 rings (SSSR count). The van der Waals surface area contributed by atoms with Gasteiger partial charge in [0, 0.05) is 6.61 Å². The Labute approximate surface area is 163 Å². The van der Waals surface area contributed by atoms with Crippen LogP contribution in [0.3, 0.4) is 0 Å². The highest BCUT2D eigenvalue weighted by molar-refractivity contribution is 6.44. The van der Waals surface area contributed by atoms with Crippen LogP contribution in [0.15, 0.2) is 30.3 Å². The van der Waals surface area contributed by atoms with E-state index in [1.165, 1.54) is 76.2 Å². The van der Waals surface area contributed by atoms with Crippen LogP contribution in [0.1, 0.15) is 96.5 Å². The molecule has 2 nitrogen and oxygen atoms in total. The van der Waals surface area contributed by atoms with Gasteiger partial charge in [-0.25, -0.2) is 0 Å². The Balaban J connectivity index is 2.21. The minimum absolute atomic E-state index is 0.0444. The molecule has 0 bridgehead atoms. The first-order valence-corrected chi connectivity index (χ1v) is 11.1. The van der Waals surface area contributed by atoms with E-state index in [0.29, 0.717) is 6.61 Å². The van der Waals surface area contributed by atoms with E-state index in [2.05, 4.69) is 38.1 Å². The summed E-state index contributed by atoms with van der Waals surface area (Å²) in [6, 6.07) is 10.4. The zero-order chi connectivity index (χ0) is 18.7. The van der Waals surface area contributed by atoms with Gasteiger partial charge in [0.1, 0.15) is 0 Å². The van der Waals surface area contributed by atoms with Crippen molar-refractivity contribution >= 4 is 7.12 Å². The zero-order valence-electron chi connectivity index (χ0n) is 17.4. The summed E-state index contributed by atoms with van der Waals surface area (Å²) in [7, 11) is -0.0444. The summed E-state index contributed by atoms with van der Waals surface area (Å²) in [5.41, 5.74) is 1.23. The Morgan fingerprint density at radius 3 is 1.88 bits per heavy atom. The lowest BCUT2D eigenvalue weighted by Gasteiger charge is -2.15. The summed E-state index contributed by atoms with van der Waals surface area (Å²) in [4.78, 5) is 0. The summed E-state index contributed by atoms with van der Waals surface area (Å²) in [6.07, 6.45) is 16.7. The maximum absolute atomic E-state index is 6.08. The second kappa shape index (κ2) is 17.6. The minimum atomic E-state index is -0.0444. The maximum atomic E-state index is 6.08. The molecule has 3 heteroatoms. The van der Waals surface area contributed by atoms with Gasteiger partial charge < -0.3 is 9.31 Å². The van der Waals surface area contributed by atoms with Gasteiger partial charge in [-0.15, -0.1) is 0 Å². The Morgan fingerprint density at radius 2 is 1.23 bits per heavy atom. The third-order valence-electron chi connectivity index (χ3n) is 4.87. The Morgan fingerprint density at radius 1 is 0.654 bits per heavy atom. The van der Waals surface area contributed by atoms with Gasteiger partial charge in [0.2, 0.25) is 0 Å². The van der Waals surface area contributed by atoms with Crippen LogP contribution < -0.4 is 0 Å². The van der Waals surface area contributed by atoms with Crippen molar-refractivity contribution in [2.24, 2.45) is 0 Å². The van der Waals surface area contributed by atoms with Gasteiger partial charge in [-0.3, -0.25) is 0 Å². The molecule has 1 aromatic rings. The summed E-state index contributed by atoms with van der Waals surface area (Å²) in [5.74, 6) is 0.